The molecular formula is C16H14F3N3O4S. The number of benzene rings is 2. The number of methoxy groups -OCH3 is 1. The summed E-state index contributed by atoms with van der Waals surface area (Å²) < 4.78 is 70.4. The van der Waals surface area contributed by atoms with Crippen molar-refractivity contribution in [2.24, 2.45) is 0 Å². The van der Waals surface area contributed by atoms with Gasteiger partial charge in [-0.15, -0.1) is 0 Å². The first-order valence-corrected chi connectivity index (χ1v) is 9.04. The van der Waals surface area contributed by atoms with Crippen molar-refractivity contribution in [1.82, 2.24) is 4.72 Å². The fraction of sp³-hybridized carbons (Fsp3) is 0.188. The molecule has 2 aromatic rings. The number of para-hydroxylation sites is 2. The van der Waals surface area contributed by atoms with E-state index in [0.717, 1.165) is 6.07 Å². The van der Waals surface area contributed by atoms with Gasteiger partial charge in [0.2, 0.25) is 10.0 Å². The van der Waals surface area contributed by atoms with Crippen LogP contribution in [-0.2, 0) is 21.0 Å². The number of halogens is 3. The number of anilines is 2. The predicted molar refractivity (Wildman–Crippen MR) is 90.8 cm³/mol. The van der Waals surface area contributed by atoms with E-state index >= 15 is 0 Å². The quantitative estimate of drug-likeness (QED) is 0.734. The van der Waals surface area contributed by atoms with Crippen LogP contribution in [-0.4, -0.2) is 27.6 Å². The average molecular weight is 401 g/mol. The number of ether oxygens (including phenoxy) is 1. The lowest BCUT2D eigenvalue weighted by atomic mass is 10.2. The minimum absolute atomic E-state index is 0.279. The van der Waals surface area contributed by atoms with Gasteiger partial charge >= 0.3 is 6.18 Å². The molecule has 3 N–H and O–H groups in total. The second kappa shape index (κ2) is 6.74. The molecule has 2 aromatic carbocycles. The first kappa shape index (κ1) is 19.0. The van der Waals surface area contributed by atoms with Crippen molar-refractivity contribution in [3.63, 3.8) is 0 Å². The van der Waals surface area contributed by atoms with E-state index in [0.29, 0.717) is 17.9 Å². The van der Waals surface area contributed by atoms with Gasteiger partial charge in [-0.2, -0.15) is 17.9 Å². The van der Waals surface area contributed by atoms with E-state index in [1.54, 1.807) is 18.2 Å². The number of carbonyl (C=O) groups is 1. The van der Waals surface area contributed by atoms with Gasteiger partial charge in [-0.3, -0.25) is 4.79 Å². The van der Waals surface area contributed by atoms with Crippen LogP contribution in [0.2, 0.25) is 0 Å². The van der Waals surface area contributed by atoms with E-state index < -0.39 is 33.8 Å². The van der Waals surface area contributed by atoms with Crippen molar-refractivity contribution in [2.45, 2.75) is 17.2 Å². The minimum Gasteiger partial charge on any atom is -0.495 e. The summed E-state index contributed by atoms with van der Waals surface area (Å²) in [6.07, 6.45) is -6.16. The highest BCUT2D eigenvalue weighted by Crippen LogP contribution is 2.35. The molecule has 0 fully saturated rings. The minimum atomic E-state index is -4.65. The molecule has 7 nitrogen and oxygen atoms in total. The summed E-state index contributed by atoms with van der Waals surface area (Å²) in [7, 11) is -2.79. The molecule has 1 atom stereocenters. The third-order valence-corrected chi connectivity index (χ3v) is 5.28. The van der Waals surface area contributed by atoms with Crippen LogP contribution in [0.1, 0.15) is 5.56 Å². The van der Waals surface area contributed by atoms with Gasteiger partial charge < -0.3 is 15.4 Å². The number of fused-ring (bicyclic) bond motifs is 1. The number of alkyl halides is 3. The van der Waals surface area contributed by atoms with Crippen molar-refractivity contribution in [3.05, 3.63) is 48.0 Å². The summed E-state index contributed by atoms with van der Waals surface area (Å²) in [5, 5.41) is 4.95. The van der Waals surface area contributed by atoms with Gasteiger partial charge in [0.15, 0.2) is 6.17 Å². The van der Waals surface area contributed by atoms with Gasteiger partial charge in [-0.1, -0.05) is 12.1 Å². The number of rotatable bonds is 3. The Hall–Kier alpha value is -2.79. The Kier molecular flexibility index (Phi) is 4.74. The van der Waals surface area contributed by atoms with Crippen LogP contribution in [0.25, 0.3) is 0 Å². The first-order valence-electron chi connectivity index (χ1n) is 7.56. The van der Waals surface area contributed by atoms with Gasteiger partial charge in [-0.25, -0.2) is 8.42 Å². The smallest absolute Gasteiger partial charge is 0.416 e. The fourth-order valence-electron chi connectivity index (χ4n) is 2.53. The zero-order valence-corrected chi connectivity index (χ0v) is 14.6. The summed E-state index contributed by atoms with van der Waals surface area (Å²) in [6, 6.07) is 8.56. The van der Waals surface area contributed by atoms with Crippen LogP contribution in [0.15, 0.2) is 47.4 Å². The standard InChI is InChI=1S/C16H14F3N3O4S/c1-26-12-5-3-2-4-10(12)21-15(23)14-20-11-8-9(16(17,18)19)6-7-13(11)27(24,25)22-14/h2-8,14,20,22H,1H3,(H,21,23). The molecule has 0 radical (unpaired) electrons. The molecule has 27 heavy (non-hydrogen) atoms. The monoisotopic (exact) mass is 401 g/mol. The normalized spacial score (nSPS) is 18.1. The largest absolute Gasteiger partial charge is 0.495 e. The van der Waals surface area contributed by atoms with Crippen molar-refractivity contribution in [3.8, 4) is 5.75 Å². The molecule has 3 rings (SSSR count). The zero-order valence-electron chi connectivity index (χ0n) is 13.8. The van der Waals surface area contributed by atoms with Crippen LogP contribution in [0.3, 0.4) is 0 Å². The third-order valence-electron chi connectivity index (χ3n) is 3.80. The van der Waals surface area contributed by atoms with E-state index in [-0.39, 0.29) is 16.3 Å². The maximum absolute atomic E-state index is 12.9. The third kappa shape index (κ3) is 3.83. The molecule has 0 saturated carbocycles. The Morgan fingerprint density at radius 3 is 2.56 bits per heavy atom. The van der Waals surface area contributed by atoms with E-state index in [1.165, 1.54) is 13.2 Å². The second-order valence-corrected chi connectivity index (χ2v) is 7.28. The van der Waals surface area contributed by atoms with Crippen LogP contribution in [0.5, 0.6) is 5.75 Å². The Balaban J connectivity index is 1.90. The summed E-state index contributed by atoms with van der Waals surface area (Å²) in [4.78, 5) is 12.1. The average Bonchev–Trinajstić information content (AvgIpc) is 2.60. The van der Waals surface area contributed by atoms with Crippen LogP contribution >= 0.6 is 0 Å². The lowest BCUT2D eigenvalue weighted by molar-refractivity contribution is -0.137. The topological polar surface area (TPSA) is 96.5 Å². The number of hydrogen-bond acceptors (Lipinski definition) is 5. The van der Waals surface area contributed by atoms with Crippen molar-refractivity contribution in [2.75, 3.05) is 17.7 Å². The van der Waals surface area contributed by atoms with Crippen molar-refractivity contribution in [1.29, 1.82) is 0 Å². The van der Waals surface area contributed by atoms with Gasteiger partial charge in [0.1, 0.15) is 10.6 Å². The molecule has 0 bridgehead atoms. The number of sulfonamides is 1. The summed E-state index contributed by atoms with van der Waals surface area (Å²) in [5.41, 5.74) is -1.07. The maximum Gasteiger partial charge on any atom is 0.416 e. The molecule has 1 amide bonds. The van der Waals surface area contributed by atoms with Crippen molar-refractivity contribution >= 4 is 27.3 Å². The fourth-order valence-corrected chi connectivity index (χ4v) is 3.79. The number of amides is 1. The van der Waals surface area contributed by atoms with E-state index in [9.17, 15) is 26.4 Å². The molecule has 11 heteroatoms. The molecular weight excluding hydrogens is 387 g/mol. The number of carbonyl (C=O) groups excluding carboxylic acids is 1. The second-order valence-electron chi connectivity index (χ2n) is 5.60. The van der Waals surface area contributed by atoms with E-state index in [1.807, 2.05) is 0 Å². The zero-order chi connectivity index (χ0) is 19.8. The highest BCUT2D eigenvalue weighted by molar-refractivity contribution is 7.89. The predicted octanol–water partition coefficient (Wildman–Crippen LogP) is 2.38. The van der Waals surface area contributed by atoms with Gasteiger partial charge in [-0.05, 0) is 30.3 Å². The van der Waals surface area contributed by atoms with Crippen molar-refractivity contribution < 1.29 is 31.1 Å². The van der Waals surface area contributed by atoms with Gasteiger partial charge in [0.25, 0.3) is 5.91 Å². The number of nitrogens with one attached hydrogen (secondary N) is 3. The van der Waals surface area contributed by atoms with Crippen LogP contribution < -0.4 is 20.1 Å². The summed E-state index contributed by atoms with van der Waals surface area (Å²) >= 11 is 0. The van der Waals surface area contributed by atoms with Gasteiger partial charge in [0.05, 0.1) is 24.0 Å². The molecule has 1 aliphatic rings. The molecule has 0 aliphatic carbocycles. The van der Waals surface area contributed by atoms with E-state index in [2.05, 4.69) is 15.4 Å². The molecule has 1 heterocycles. The van der Waals surface area contributed by atoms with Crippen LogP contribution in [0, 0.1) is 0 Å². The Morgan fingerprint density at radius 1 is 1.19 bits per heavy atom. The SMILES string of the molecule is COc1ccccc1NC(=O)C1Nc2cc(C(F)(F)F)ccc2S(=O)(=O)N1. The lowest BCUT2D eigenvalue weighted by Crippen LogP contribution is -2.51. The highest BCUT2D eigenvalue weighted by Gasteiger charge is 2.37. The molecule has 0 spiro atoms. The lowest BCUT2D eigenvalue weighted by Gasteiger charge is -2.28. The first-order chi connectivity index (χ1) is 12.6. The van der Waals surface area contributed by atoms with E-state index in [4.69, 9.17) is 4.74 Å². The molecule has 0 saturated heterocycles. The Morgan fingerprint density at radius 2 is 1.89 bits per heavy atom. The maximum atomic E-state index is 12.9. The van der Waals surface area contributed by atoms with Gasteiger partial charge in [0, 0.05) is 0 Å². The Labute approximate surface area is 152 Å². The Bertz CT molecular complexity index is 993. The van der Waals surface area contributed by atoms with Crippen LogP contribution in [0.4, 0.5) is 24.5 Å². The summed E-state index contributed by atoms with van der Waals surface area (Å²) in [6.45, 7) is 0. The molecule has 1 unspecified atom stereocenters. The number of hydrogen-bond donors (Lipinski definition) is 3. The molecule has 1 aliphatic heterocycles. The highest BCUT2D eigenvalue weighted by atomic mass is 32.2. The molecule has 144 valence electrons. The molecule has 0 aromatic heterocycles. The summed E-state index contributed by atoms with van der Waals surface area (Å²) in [5.74, 6) is -0.476.